The number of halogens is 1. The summed E-state index contributed by atoms with van der Waals surface area (Å²) in [5.41, 5.74) is 5.83. The van der Waals surface area contributed by atoms with Gasteiger partial charge in [-0.25, -0.2) is 9.97 Å². The van der Waals surface area contributed by atoms with Crippen molar-refractivity contribution < 1.29 is 5.11 Å². The van der Waals surface area contributed by atoms with Gasteiger partial charge in [0.25, 0.3) is 0 Å². The zero-order valence-corrected chi connectivity index (χ0v) is 10.7. The highest BCUT2D eigenvalue weighted by Crippen LogP contribution is 2.41. The summed E-state index contributed by atoms with van der Waals surface area (Å²) in [7, 11) is 0. The predicted molar refractivity (Wildman–Crippen MR) is 67.9 cm³/mol. The third kappa shape index (κ3) is 1.26. The molecule has 5 nitrogen and oxygen atoms in total. The molecule has 2 heterocycles. The molecule has 84 valence electrons. The van der Waals surface area contributed by atoms with Crippen molar-refractivity contribution in [3.8, 4) is 0 Å². The highest BCUT2D eigenvalue weighted by atomic mass is 127. The van der Waals surface area contributed by atoms with Gasteiger partial charge in [-0.2, -0.15) is 0 Å². The molecule has 2 aromatic rings. The first kappa shape index (κ1) is 10.3. The van der Waals surface area contributed by atoms with Gasteiger partial charge in [0.05, 0.1) is 0 Å². The first-order chi connectivity index (χ1) is 7.62. The van der Waals surface area contributed by atoms with Crippen LogP contribution in [0.5, 0.6) is 0 Å². The first-order valence-electron chi connectivity index (χ1n) is 5.13. The van der Waals surface area contributed by atoms with E-state index in [1.165, 1.54) is 0 Å². The Morgan fingerprint density at radius 1 is 1.50 bits per heavy atom. The fraction of sp³-hybridized carbons (Fsp3) is 0.400. The maximum Gasteiger partial charge on any atom is 0.150 e. The molecule has 1 fully saturated rings. The zero-order chi connectivity index (χ0) is 11.3. The number of imidazole rings is 1. The van der Waals surface area contributed by atoms with E-state index in [1.807, 2.05) is 4.40 Å². The number of nitrogens with zero attached hydrogens (tertiary/aromatic N) is 3. The van der Waals surface area contributed by atoms with Gasteiger partial charge < -0.3 is 10.8 Å². The third-order valence-corrected chi connectivity index (χ3v) is 3.89. The van der Waals surface area contributed by atoms with Crippen LogP contribution in [0.25, 0.3) is 5.52 Å². The lowest BCUT2D eigenvalue weighted by molar-refractivity contribution is -0.0472. The molecular weight excluding hydrogens is 319 g/mol. The number of aromatic nitrogens is 3. The van der Waals surface area contributed by atoms with E-state index in [4.69, 9.17) is 5.73 Å². The molecule has 0 atom stereocenters. The van der Waals surface area contributed by atoms with Gasteiger partial charge in [0.2, 0.25) is 0 Å². The number of anilines is 1. The van der Waals surface area contributed by atoms with E-state index >= 15 is 0 Å². The van der Waals surface area contributed by atoms with Crippen molar-refractivity contribution in [2.45, 2.75) is 24.9 Å². The summed E-state index contributed by atoms with van der Waals surface area (Å²) in [5, 5.41) is 10.3. The smallest absolute Gasteiger partial charge is 0.150 e. The van der Waals surface area contributed by atoms with Crippen LogP contribution >= 0.6 is 22.6 Å². The Morgan fingerprint density at radius 2 is 2.25 bits per heavy atom. The number of nitrogens with two attached hydrogens (primary N) is 1. The lowest BCUT2D eigenvalue weighted by atomic mass is 9.79. The average molecular weight is 330 g/mol. The number of rotatable bonds is 1. The number of fused-ring (bicyclic) bond motifs is 1. The number of nitrogen functional groups attached to an aromatic ring is 1. The van der Waals surface area contributed by atoms with Crippen molar-refractivity contribution in [1.82, 2.24) is 14.4 Å². The normalized spacial score (nSPS) is 18.6. The Kier molecular flexibility index (Phi) is 2.12. The molecule has 6 heteroatoms. The monoisotopic (exact) mass is 330 g/mol. The molecule has 3 N–H and O–H groups in total. The highest BCUT2D eigenvalue weighted by molar-refractivity contribution is 14.1. The molecule has 0 saturated heterocycles. The standard InChI is InChI=1S/C10H11IN4O/c11-7-6-8(12)13-4-5-15(6)9(14-7)10(16)2-1-3-10/h4-5,16H,1-3H2,(H2,12,13). The molecule has 1 aliphatic carbocycles. The van der Waals surface area contributed by atoms with E-state index in [0.29, 0.717) is 11.6 Å². The second kappa shape index (κ2) is 3.30. The van der Waals surface area contributed by atoms with Crippen LogP contribution in [-0.4, -0.2) is 19.5 Å². The highest BCUT2D eigenvalue weighted by Gasteiger charge is 2.40. The first-order valence-corrected chi connectivity index (χ1v) is 6.20. The molecule has 0 unspecified atom stereocenters. The summed E-state index contributed by atoms with van der Waals surface area (Å²) in [6.07, 6.45) is 6.01. The topological polar surface area (TPSA) is 76.4 Å². The van der Waals surface area contributed by atoms with Gasteiger partial charge in [-0.1, -0.05) is 0 Å². The summed E-state index contributed by atoms with van der Waals surface area (Å²) >= 11 is 2.12. The van der Waals surface area contributed by atoms with Gasteiger partial charge in [0.1, 0.15) is 20.6 Å². The van der Waals surface area contributed by atoms with Crippen molar-refractivity contribution in [2.75, 3.05) is 5.73 Å². The lowest BCUT2D eigenvalue weighted by Crippen LogP contribution is -2.35. The van der Waals surface area contributed by atoms with Gasteiger partial charge >= 0.3 is 0 Å². The summed E-state index contributed by atoms with van der Waals surface area (Å²) in [6, 6.07) is 0. The van der Waals surface area contributed by atoms with Crippen LogP contribution in [0.15, 0.2) is 12.4 Å². The summed E-state index contributed by atoms with van der Waals surface area (Å²) < 4.78 is 2.64. The fourth-order valence-electron chi connectivity index (χ4n) is 2.08. The van der Waals surface area contributed by atoms with Crippen LogP contribution in [0.4, 0.5) is 5.82 Å². The molecule has 3 rings (SSSR count). The number of hydrogen-bond donors (Lipinski definition) is 2. The summed E-state index contributed by atoms with van der Waals surface area (Å²) in [5.74, 6) is 1.14. The summed E-state index contributed by atoms with van der Waals surface area (Å²) in [4.78, 5) is 8.46. The molecule has 2 aromatic heterocycles. The van der Waals surface area contributed by atoms with Gasteiger partial charge in [-0.05, 0) is 41.9 Å². The molecule has 1 saturated carbocycles. The van der Waals surface area contributed by atoms with Crippen molar-refractivity contribution >= 4 is 33.9 Å². The van der Waals surface area contributed by atoms with E-state index < -0.39 is 5.60 Å². The van der Waals surface area contributed by atoms with E-state index in [-0.39, 0.29) is 0 Å². The Hall–Kier alpha value is -0.890. The molecule has 0 amide bonds. The minimum atomic E-state index is -0.778. The molecule has 0 aromatic carbocycles. The largest absolute Gasteiger partial charge is 0.382 e. The van der Waals surface area contributed by atoms with Crippen LogP contribution in [0, 0.1) is 3.70 Å². The van der Waals surface area contributed by atoms with Crippen LogP contribution < -0.4 is 5.73 Å². The maximum atomic E-state index is 10.3. The fourth-order valence-corrected chi connectivity index (χ4v) is 2.85. The van der Waals surface area contributed by atoms with Crippen molar-refractivity contribution in [2.24, 2.45) is 0 Å². The third-order valence-electron chi connectivity index (χ3n) is 3.14. The van der Waals surface area contributed by atoms with Crippen LogP contribution in [0.2, 0.25) is 0 Å². The van der Waals surface area contributed by atoms with Gasteiger partial charge in [0, 0.05) is 12.4 Å². The molecule has 0 radical (unpaired) electrons. The molecule has 0 aliphatic heterocycles. The second-order valence-electron chi connectivity index (χ2n) is 4.14. The quantitative estimate of drug-likeness (QED) is 0.773. The SMILES string of the molecule is Nc1nccn2c(C3(O)CCC3)nc(I)c12. The minimum absolute atomic E-state index is 0.452. The van der Waals surface area contributed by atoms with E-state index in [0.717, 1.165) is 28.5 Å². The van der Waals surface area contributed by atoms with Crippen LogP contribution in [-0.2, 0) is 5.60 Å². The van der Waals surface area contributed by atoms with Gasteiger partial charge in [-0.3, -0.25) is 4.40 Å². The van der Waals surface area contributed by atoms with Gasteiger partial charge in [-0.15, -0.1) is 0 Å². The molecular formula is C10H11IN4O. The number of hydrogen-bond acceptors (Lipinski definition) is 4. The molecule has 0 bridgehead atoms. The Morgan fingerprint density at radius 3 is 2.88 bits per heavy atom. The molecule has 1 aliphatic rings. The lowest BCUT2D eigenvalue weighted by Gasteiger charge is -2.35. The van der Waals surface area contributed by atoms with E-state index in [9.17, 15) is 5.11 Å². The van der Waals surface area contributed by atoms with Crippen LogP contribution in [0.1, 0.15) is 25.1 Å². The van der Waals surface area contributed by atoms with E-state index in [1.54, 1.807) is 12.4 Å². The summed E-state index contributed by atoms with van der Waals surface area (Å²) in [6.45, 7) is 0. The van der Waals surface area contributed by atoms with E-state index in [2.05, 4.69) is 32.6 Å². The van der Waals surface area contributed by atoms with Crippen molar-refractivity contribution in [3.05, 3.63) is 21.9 Å². The average Bonchev–Trinajstić information content (AvgIpc) is 2.54. The Balaban J connectivity index is 2.31. The van der Waals surface area contributed by atoms with Gasteiger partial charge in [0.15, 0.2) is 5.82 Å². The molecule has 16 heavy (non-hydrogen) atoms. The Labute approximate surface area is 106 Å². The van der Waals surface area contributed by atoms with Crippen molar-refractivity contribution in [3.63, 3.8) is 0 Å². The molecule has 0 spiro atoms. The second-order valence-corrected chi connectivity index (χ2v) is 5.16. The van der Waals surface area contributed by atoms with Crippen LogP contribution in [0.3, 0.4) is 0 Å². The van der Waals surface area contributed by atoms with Crippen molar-refractivity contribution in [1.29, 1.82) is 0 Å². The number of aliphatic hydroxyl groups is 1. The minimum Gasteiger partial charge on any atom is -0.382 e. The zero-order valence-electron chi connectivity index (χ0n) is 8.52. The Bertz CT molecular complexity index is 561. The predicted octanol–water partition coefficient (Wildman–Crippen LogP) is 1.29. The maximum absolute atomic E-state index is 10.3.